The van der Waals surface area contributed by atoms with Gasteiger partial charge in [-0.25, -0.2) is 14.4 Å². The molecule has 0 saturated heterocycles. The van der Waals surface area contributed by atoms with Gasteiger partial charge in [-0.1, -0.05) is 49.9 Å². The Morgan fingerprint density at radius 3 is 2.50 bits per heavy atom. The average Bonchev–Trinajstić information content (AvgIpc) is 2.75. The van der Waals surface area contributed by atoms with Crippen LogP contribution in [0.2, 0.25) is 5.02 Å². The van der Waals surface area contributed by atoms with Crippen LogP contribution in [0.5, 0.6) is 0 Å². The van der Waals surface area contributed by atoms with Gasteiger partial charge in [0.15, 0.2) is 5.82 Å². The van der Waals surface area contributed by atoms with Crippen LogP contribution < -0.4 is 10.8 Å². The summed E-state index contributed by atoms with van der Waals surface area (Å²) in [5, 5.41) is 3.85. The minimum absolute atomic E-state index is 0.238. The van der Waals surface area contributed by atoms with Crippen molar-refractivity contribution in [2.24, 2.45) is 0 Å². The number of anilines is 1. The van der Waals surface area contributed by atoms with E-state index in [4.69, 9.17) is 11.6 Å². The second-order valence-electron chi connectivity index (χ2n) is 7.21. The highest BCUT2D eigenvalue weighted by molar-refractivity contribution is 7.63. The summed E-state index contributed by atoms with van der Waals surface area (Å²) in [6.45, 7) is 6.64. The van der Waals surface area contributed by atoms with E-state index in [-0.39, 0.29) is 13.6 Å². The predicted octanol–water partition coefficient (Wildman–Crippen LogP) is 5.77. The van der Waals surface area contributed by atoms with Crippen molar-refractivity contribution in [3.63, 3.8) is 0 Å². The summed E-state index contributed by atoms with van der Waals surface area (Å²) in [6.07, 6.45) is 1.68. The first-order valence-electron chi connectivity index (χ1n) is 9.52. The first-order valence-corrected chi connectivity index (χ1v) is 12.1. The third-order valence-corrected chi connectivity index (χ3v) is 6.45. The number of halogens is 2. The van der Waals surface area contributed by atoms with Crippen molar-refractivity contribution in [2.75, 3.05) is 18.6 Å². The Kier molecular flexibility index (Phi) is 5.94. The molecule has 4 nitrogen and oxygen atoms in total. The van der Waals surface area contributed by atoms with Crippen LogP contribution in [0.15, 0.2) is 54.7 Å². The van der Waals surface area contributed by atoms with Crippen molar-refractivity contribution in [1.29, 1.82) is 0 Å². The van der Waals surface area contributed by atoms with E-state index in [1.807, 2.05) is 42.5 Å². The van der Waals surface area contributed by atoms with Gasteiger partial charge in [0.1, 0.15) is 11.2 Å². The SMILES string of the molecule is Cc1nc2cc(F)c(-c3ccc(P(C)C)nc3)nc2c(NCc2ccccc2)c1Cl. The fraction of sp³-hybridized carbons (Fsp3) is 0.174. The lowest BCUT2D eigenvalue weighted by molar-refractivity contribution is 0.628. The molecule has 1 N–H and O–H groups in total. The number of rotatable bonds is 5. The largest absolute Gasteiger partial charge is 0.378 e. The second-order valence-corrected chi connectivity index (χ2v) is 9.84. The Balaban J connectivity index is 1.80. The lowest BCUT2D eigenvalue weighted by Gasteiger charge is -2.14. The molecule has 0 spiro atoms. The molecule has 0 unspecified atom stereocenters. The Morgan fingerprint density at radius 2 is 1.83 bits per heavy atom. The van der Waals surface area contributed by atoms with E-state index in [0.717, 1.165) is 11.0 Å². The van der Waals surface area contributed by atoms with E-state index in [1.165, 1.54) is 6.07 Å². The van der Waals surface area contributed by atoms with Crippen LogP contribution in [0.3, 0.4) is 0 Å². The molecule has 0 radical (unpaired) electrons. The van der Waals surface area contributed by atoms with E-state index >= 15 is 0 Å². The van der Waals surface area contributed by atoms with Gasteiger partial charge < -0.3 is 5.32 Å². The molecule has 0 aliphatic heterocycles. The second kappa shape index (κ2) is 8.63. The van der Waals surface area contributed by atoms with Gasteiger partial charge in [0.05, 0.1) is 27.4 Å². The molecular formula is C23H21ClFN4P. The van der Waals surface area contributed by atoms with Gasteiger partial charge in [-0.3, -0.25) is 4.98 Å². The van der Waals surface area contributed by atoms with E-state index in [9.17, 15) is 4.39 Å². The number of nitrogens with zero attached hydrogens (tertiary/aromatic N) is 3. The first kappa shape index (κ1) is 20.6. The summed E-state index contributed by atoms with van der Waals surface area (Å²) in [5.41, 5.74) is 5.26. The van der Waals surface area contributed by atoms with Gasteiger partial charge in [0.2, 0.25) is 0 Å². The molecule has 152 valence electrons. The standard InChI is InChI=1S/C23H21ClFN4P/c1-14-20(24)23(27-12-15-7-5-4-6-8-15)22-18(28-14)11-17(25)21(29-22)16-9-10-19(26-13-16)30(2)3/h4-11,13H,12H2,1-3H3,(H,27,28). The summed E-state index contributed by atoms with van der Waals surface area (Å²) in [7, 11) is -0.316. The van der Waals surface area contributed by atoms with Gasteiger partial charge in [-0.15, -0.1) is 0 Å². The van der Waals surface area contributed by atoms with Gasteiger partial charge in [-0.05, 0) is 37.9 Å². The van der Waals surface area contributed by atoms with Crippen LogP contribution >= 0.6 is 19.5 Å². The molecule has 0 amide bonds. The van der Waals surface area contributed by atoms with E-state index in [2.05, 4.69) is 33.6 Å². The third kappa shape index (κ3) is 4.14. The Labute approximate surface area is 181 Å². The number of aromatic nitrogens is 3. The summed E-state index contributed by atoms with van der Waals surface area (Å²) < 4.78 is 14.9. The van der Waals surface area contributed by atoms with Gasteiger partial charge in [-0.2, -0.15) is 0 Å². The summed E-state index contributed by atoms with van der Waals surface area (Å²) >= 11 is 6.56. The molecule has 0 aliphatic rings. The van der Waals surface area contributed by atoms with Crippen LogP contribution in [0.25, 0.3) is 22.3 Å². The number of aryl methyl sites for hydroxylation is 1. The lowest BCUT2D eigenvalue weighted by Crippen LogP contribution is -2.06. The Bertz CT molecular complexity index is 1200. The molecule has 4 aromatic rings. The fourth-order valence-corrected chi connectivity index (χ4v) is 4.06. The fourth-order valence-electron chi connectivity index (χ4n) is 3.20. The number of benzene rings is 1. The van der Waals surface area contributed by atoms with Crippen molar-refractivity contribution < 1.29 is 4.39 Å². The van der Waals surface area contributed by atoms with Crippen LogP contribution in [0, 0.1) is 12.7 Å². The summed E-state index contributed by atoms with van der Waals surface area (Å²) in [6, 6.07) is 15.2. The molecule has 0 fully saturated rings. The predicted molar refractivity (Wildman–Crippen MR) is 125 cm³/mol. The number of hydrogen-bond acceptors (Lipinski definition) is 4. The zero-order chi connectivity index (χ0) is 21.3. The summed E-state index contributed by atoms with van der Waals surface area (Å²) in [4.78, 5) is 13.5. The molecule has 0 bridgehead atoms. The first-order chi connectivity index (χ1) is 14.4. The zero-order valence-electron chi connectivity index (χ0n) is 16.9. The minimum atomic E-state index is -0.435. The van der Waals surface area contributed by atoms with Crippen LogP contribution in [0.1, 0.15) is 11.3 Å². The molecule has 3 aromatic heterocycles. The van der Waals surface area contributed by atoms with E-state index in [1.54, 1.807) is 13.1 Å². The molecular weight excluding hydrogens is 418 g/mol. The average molecular weight is 439 g/mol. The molecule has 1 aromatic carbocycles. The van der Waals surface area contributed by atoms with Gasteiger partial charge >= 0.3 is 0 Å². The highest BCUT2D eigenvalue weighted by Crippen LogP contribution is 2.34. The molecule has 30 heavy (non-hydrogen) atoms. The number of nitrogens with one attached hydrogen (secondary N) is 1. The molecule has 0 saturated carbocycles. The van der Waals surface area contributed by atoms with Gasteiger partial charge in [0.25, 0.3) is 0 Å². The number of pyridine rings is 3. The third-order valence-electron chi connectivity index (χ3n) is 4.81. The number of hydrogen-bond donors (Lipinski definition) is 1. The van der Waals surface area contributed by atoms with Gasteiger partial charge in [0, 0.05) is 24.4 Å². The molecule has 0 aliphatic carbocycles. The lowest BCUT2D eigenvalue weighted by atomic mass is 10.1. The quantitative estimate of drug-likeness (QED) is 0.402. The number of fused-ring (bicyclic) bond motifs is 1. The van der Waals surface area contributed by atoms with Crippen molar-refractivity contribution in [3.8, 4) is 11.3 Å². The minimum Gasteiger partial charge on any atom is -0.378 e. The Hall–Kier alpha value is -2.62. The van der Waals surface area contributed by atoms with E-state index < -0.39 is 5.82 Å². The maximum Gasteiger partial charge on any atom is 0.151 e. The normalized spacial score (nSPS) is 11.3. The van der Waals surface area contributed by atoms with Crippen LogP contribution in [0.4, 0.5) is 10.1 Å². The molecule has 4 rings (SSSR count). The van der Waals surface area contributed by atoms with Crippen molar-refractivity contribution in [1.82, 2.24) is 15.0 Å². The molecule has 7 heteroatoms. The summed E-state index contributed by atoms with van der Waals surface area (Å²) in [5.74, 6) is -0.435. The monoisotopic (exact) mass is 438 g/mol. The maximum atomic E-state index is 14.9. The smallest absolute Gasteiger partial charge is 0.151 e. The highest BCUT2D eigenvalue weighted by Gasteiger charge is 2.17. The van der Waals surface area contributed by atoms with Crippen molar-refractivity contribution in [3.05, 3.63) is 76.8 Å². The van der Waals surface area contributed by atoms with Crippen LogP contribution in [-0.2, 0) is 6.54 Å². The van der Waals surface area contributed by atoms with Crippen molar-refractivity contribution in [2.45, 2.75) is 13.5 Å². The zero-order valence-corrected chi connectivity index (χ0v) is 18.6. The van der Waals surface area contributed by atoms with Crippen LogP contribution in [-0.4, -0.2) is 28.3 Å². The van der Waals surface area contributed by atoms with Crippen molar-refractivity contribution >= 4 is 41.7 Å². The van der Waals surface area contributed by atoms with E-state index in [0.29, 0.717) is 39.5 Å². The maximum absolute atomic E-state index is 14.9. The highest BCUT2D eigenvalue weighted by atomic mass is 35.5. The molecule has 3 heterocycles. The molecule has 0 atom stereocenters. The topological polar surface area (TPSA) is 50.7 Å². The Morgan fingerprint density at radius 1 is 1.07 bits per heavy atom.